The van der Waals surface area contributed by atoms with Gasteiger partial charge in [-0.2, -0.15) is 0 Å². The number of carbonyl (C=O) groups excluding carboxylic acids is 2. The first kappa shape index (κ1) is 30.1. The lowest BCUT2D eigenvalue weighted by molar-refractivity contribution is -0.119. The van der Waals surface area contributed by atoms with Crippen molar-refractivity contribution in [2.24, 2.45) is 5.92 Å². The maximum absolute atomic E-state index is 13.9. The monoisotopic (exact) mass is 547 g/mol. The first-order valence-electron chi connectivity index (χ1n) is 15.6. The van der Waals surface area contributed by atoms with Gasteiger partial charge in [-0.1, -0.05) is 70.2 Å². The summed E-state index contributed by atoms with van der Waals surface area (Å²) >= 11 is 0. The van der Waals surface area contributed by atoms with Crippen LogP contribution in [0.3, 0.4) is 0 Å². The lowest BCUT2D eigenvalue weighted by Crippen LogP contribution is -2.35. The molecular formula is C34H49N3O3. The molecular weight excluding hydrogens is 498 g/mol. The van der Waals surface area contributed by atoms with Crippen LogP contribution in [-0.2, 0) is 11.3 Å². The summed E-state index contributed by atoms with van der Waals surface area (Å²) in [7, 11) is 0. The number of nitrogens with zero attached hydrogens (tertiary/aromatic N) is 3. The summed E-state index contributed by atoms with van der Waals surface area (Å²) in [4.78, 5) is 33.7. The third-order valence-corrected chi connectivity index (χ3v) is 8.08. The molecule has 218 valence electrons. The Hall–Kier alpha value is -2.86. The quantitative estimate of drug-likeness (QED) is 0.377. The van der Waals surface area contributed by atoms with Gasteiger partial charge >= 0.3 is 0 Å². The van der Waals surface area contributed by atoms with Gasteiger partial charge in [0.15, 0.2) is 0 Å². The van der Waals surface area contributed by atoms with E-state index in [1.165, 1.54) is 25.7 Å². The first-order chi connectivity index (χ1) is 19.5. The molecule has 0 bridgehead atoms. The summed E-state index contributed by atoms with van der Waals surface area (Å²) < 4.78 is 6.08. The molecule has 0 atom stereocenters. The number of piperidine rings is 1. The summed E-state index contributed by atoms with van der Waals surface area (Å²) in [6.07, 6.45) is 11.0. The Morgan fingerprint density at radius 1 is 0.800 bits per heavy atom. The molecule has 2 aromatic rings. The molecule has 6 nitrogen and oxygen atoms in total. The summed E-state index contributed by atoms with van der Waals surface area (Å²) in [5.74, 6) is 1.24. The van der Waals surface area contributed by atoms with Crippen molar-refractivity contribution in [3.63, 3.8) is 0 Å². The van der Waals surface area contributed by atoms with E-state index in [0.717, 1.165) is 75.3 Å². The van der Waals surface area contributed by atoms with Crippen molar-refractivity contribution in [1.29, 1.82) is 0 Å². The number of rotatable bonds is 7. The fraction of sp³-hybridized carbons (Fsp3) is 0.588. The highest BCUT2D eigenvalue weighted by Crippen LogP contribution is 2.27. The number of hydrogen-bond acceptors (Lipinski definition) is 4. The third kappa shape index (κ3) is 9.09. The molecule has 2 aliphatic rings. The van der Waals surface area contributed by atoms with Crippen LogP contribution in [0.15, 0.2) is 48.5 Å². The molecule has 4 rings (SSSR count). The predicted molar refractivity (Wildman–Crippen MR) is 163 cm³/mol. The molecule has 0 aliphatic carbocycles. The van der Waals surface area contributed by atoms with Gasteiger partial charge in [0.2, 0.25) is 5.91 Å². The zero-order valence-electron chi connectivity index (χ0n) is 24.8. The maximum Gasteiger partial charge on any atom is 0.254 e. The molecule has 0 N–H and O–H groups in total. The van der Waals surface area contributed by atoms with Crippen molar-refractivity contribution in [3.05, 3.63) is 59.7 Å². The molecule has 0 aromatic heterocycles. The number of hydrogen-bond donors (Lipinski definition) is 0. The van der Waals surface area contributed by atoms with Crippen molar-refractivity contribution in [2.45, 2.75) is 84.6 Å². The molecule has 0 spiro atoms. The van der Waals surface area contributed by atoms with Crippen molar-refractivity contribution >= 4 is 17.5 Å². The minimum Gasteiger partial charge on any atom is -0.492 e. The fourth-order valence-electron chi connectivity index (χ4n) is 5.86. The van der Waals surface area contributed by atoms with Crippen LogP contribution in [0.1, 0.15) is 94.0 Å². The number of amides is 2. The fourth-order valence-corrected chi connectivity index (χ4v) is 5.86. The molecule has 2 aromatic carbocycles. The van der Waals surface area contributed by atoms with Crippen molar-refractivity contribution in [1.82, 2.24) is 9.80 Å². The molecule has 1 saturated heterocycles. The van der Waals surface area contributed by atoms with E-state index in [4.69, 9.17) is 4.74 Å². The predicted octanol–water partition coefficient (Wildman–Crippen LogP) is 6.93. The molecule has 1 fully saturated rings. The van der Waals surface area contributed by atoms with Gasteiger partial charge in [0.25, 0.3) is 5.91 Å². The zero-order chi connectivity index (χ0) is 28.2. The van der Waals surface area contributed by atoms with Crippen LogP contribution < -0.4 is 9.64 Å². The van der Waals surface area contributed by atoms with Crippen LogP contribution in [-0.4, -0.2) is 60.9 Å². The Morgan fingerprint density at radius 2 is 1.48 bits per heavy atom. The van der Waals surface area contributed by atoms with Crippen molar-refractivity contribution in [2.75, 3.05) is 44.2 Å². The minimum absolute atomic E-state index is 0.0196. The van der Waals surface area contributed by atoms with E-state index in [9.17, 15) is 9.59 Å². The van der Waals surface area contributed by atoms with Crippen molar-refractivity contribution < 1.29 is 14.3 Å². The summed E-state index contributed by atoms with van der Waals surface area (Å²) in [6, 6.07) is 15.8. The number of likely N-dealkylation sites (tertiary alicyclic amines) is 1. The van der Waals surface area contributed by atoms with E-state index in [2.05, 4.69) is 24.8 Å². The average Bonchev–Trinajstić information content (AvgIpc) is 2.97. The van der Waals surface area contributed by atoms with E-state index in [0.29, 0.717) is 37.6 Å². The van der Waals surface area contributed by atoms with Crippen LogP contribution in [0.5, 0.6) is 5.75 Å². The largest absolute Gasteiger partial charge is 0.492 e. The van der Waals surface area contributed by atoms with E-state index in [-0.39, 0.29) is 11.8 Å². The zero-order valence-corrected chi connectivity index (χ0v) is 24.8. The Kier molecular flexibility index (Phi) is 11.9. The lowest BCUT2D eigenvalue weighted by atomic mass is 10.1. The van der Waals surface area contributed by atoms with Gasteiger partial charge in [0.05, 0.1) is 0 Å². The Labute approximate surface area is 241 Å². The number of benzene rings is 2. The maximum atomic E-state index is 13.9. The second-order valence-corrected chi connectivity index (χ2v) is 11.9. The summed E-state index contributed by atoms with van der Waals surface area (Å²) in [6.45, 7) is 9.97. The number of anilines is 1. The van der Waals surface area contributed by atoms with Gasteiger partial charge in [-0.3, -0.25) is 14.5 Å². The molecule has 0 radical (unpaired) electrons. The topological polar surface area (TPSA) is 53.1 Å². The first-order valence-corrected chi connectivity index (χ1v) is 15.6. The molecule has 2 aliphatic heterocycles. The van der Waals surface area contributed by atoms with Crippen LogP contribution in [0, 0.1) is 5.92 Å². The van der Waals surface area contributed by atoms with Gasteiger partial charge in [-0.05, 0) is 74.5 Å². The normalized spacial score (nSPS) is 17.9. The van der Waals surface area contributed by atoms with Crippen LogP contribution in [0.2, 0.25) is 0 Å². The minimum atomic E-state index is 0.0196. The van der Waals surface area contributed by atoms with Gasteiger partial charge in [0.1, 0.15) is 12.4 Å². The second-order valence-electron chi connectivity index (χ2n) is 11.9. The smallest absolute Gasteiger partial charge is 0.254 e. The third-order valence-electron chi connectivity index (χ3n) is 8.08. The van der Waals surface area contributed by atoms with E-state index >= 15 is 0 Å². The number of fused-ring (bicyclic) bond motifs is 1. The number of ether oxygens (including phenoxy) is 1. The molecule has 0 saturated carbocycles. The molecule has 40 heavy (non-hydrogen) atoms. The summed E-state index contributed by atoms with van der Waals surface area (Å²) in [5, 5.41) is 0. The SMILES string of the molecule is CC(C)CC(=O)N1CCCCCCCCN(C(=O)c2cccc(OCCN3CCCCC3)c2)Cc2ccccc21. The van der Waals surface area contributed by atoms with Crippen LogP contribution >= 0.6 is 0 Å². The van der Waals surface area contributed by atoms with Gasteiger partial charge in [0, 0.05) is 43.9 Å². The van der Waals surface area contributed by atoms with E-state index < -0.39 is 0 Å². The van der Waals surface area contributed by atoms with Gasteiger partial charge < -0.3 is 14.5 Å². The molecule has 6 heteroatoms. The average molecular weight is 548 g/mol. The Balaban J connectivity index is 1.51. The van der Waals surface area contributed by atoms with Crippen LogP contribution in [0.4, 0.5) is 5.69 Å². The standard InChI is InChI=1S/C34H49N3O3/c1-28(2)25-33(38)37-22-13-6-4-3-5-12-21-36(27-30-15-8-9-18-32(30)37)34(39)29-16-14-17-31(26-29)40-24-23-35-19-10-7-11-20-35/h8-9,14-18,26,28H,3-7,10-13,19-25,27H2,1-2H3. The molecule has 2 amide bonds. The second kappa shape index (κ2) is 15.8. The number of para-hydroxylation sites is 1. The lowest BCUT2D eigenvalue weighted by Gasteiger charge is -2.29. The van der Waals surface area contributed by atoms with Gasteiger partial charge in [-0.15, -0.1) is 0 Å². The Morgan fingerprint density at radius 3 is 2.25 bits per heavy atom. The van der Waals surface area contributed by atoms with Crippen molar-refractivity contribution in [3.8, 4) is 5.75 Å². The molecule has 2 heterocycles. The van der Waals surface area contributed by atoms with Gasteiger partial charge in [-0.25, -0.2) is 0 Å². The van der Waals surface area contributed by atoms with E-state index in [1.807, 2.05) is 52.3 Å². The van der Waals surface area contributed by atoms with E-state index in [1.54, 1.807) is 0 Å². The highest BCUT2D eigenvalue weighted by molar-refractivity contribution is 5.96. The highest BCUT2D eigenvalue weighted by Gasteiger charge is 2.23. The Bertz CT molecular complexity index is 1080. The number of carbonyl (C=O) groups is 2. The molecule has 0 unspecified atom stereocenters. The van der Waals surface area contributed by atoms with Crippen LogP contribution in [0.25, 0.3) is 0 Å². The highest BCUT2D eigenvalue weighted by atomic mass is 16.5. The summed E-state index contributed by atoms with van der Waals surface area (Å²) in [5.41, 5.74) is 2.63.